The molecule has 0 saturated heterocycles. The normalized spacial score (nSPS) is 17.3. The molecule has 0 bridgehead atoms. The highest BCUT2D eigenvalue weighted by Crippen LogP contribution is 2.48. The highest BCUT2D eigenvalue weighted by Gasteiger charge is 2.45. The smallest absolute Gasteiger partial charge is 0.294 e. The van der Waals surface area contributed by atoms with Gasteiger partial charge in [-0.15, -0.1) is 0 Å². The number of hydrogen-bond acceptors (Lipinski definition) is 9. The Hall–Kier alpha value is -5.20. The van der Waals surface area contributed by atoms with Gasteiger partial charge >= 0.3 is 0 Å². The number of unbranched alkanes of at least 4 members (excludes halogenated alkanes) is 2. The van der Waals surface area contributed by atoms with E-state index in [1.807, 2.05) is 95.3 Å². The van der Waals surface area contributed by atoms with Crippen LogP contribution in [0.15, 0.2) is 113 Å². The molecule has 14 nitrogen and oxygen atoms in total. The van der Waals surface area contributed by atoms with E-state index in [9.17, 15) is 44.5 Å². The van der Waals surface area contributed by atoms with E-state index in [-0.39, 0.29) is 34.5 Å². The molecule has 17 heteroatoms. The number of ketones is 1. The van der Waals surface area contributed by atoms with Gasteiger partial charge in [0.1, 0.15) is 12.6 Å². The molecule has 67 heavy (non-hydrogen) atoms. The minimum absolute atomic E-state index is 0.141. The third-order valence-corrected chi connectivity index (χ3v) is 14.8. The number of rotatable bonds is 20. The minimum Gasteiger partial charge on any atom is -0.344 e. The Morgan fingerprint density at radius 1 is 0.776 bits per heavy atom. The van der Waals surface area contributed by atoms with Gasteiger partial charge < -0.3 is 15.5 Å². The molecule has 5 rings (SSSR count). The van der Waals surface area contributed by atoms with Crippen LogP contribution in [0, 0.1) is 5.92 Å². The first-order chi connectivity index (χ1) is 31.2. The summed E-state index contributed by atoms with van der Waals surface area (Å²) >= 11 is 0. The zero-order valence-corrected chi connectivity index (χ0v) is 42.2. The highest BCUT2D eigenvalue weighted by molar-refractivity contribution is 8.01. The van der Waals surface area contributed by atoms with Crippen LogP contribution < -0.4 is 15.5 Å². The van der Waals surface area contributed by atoms with Crippen molar-refractivity contribution >= 4 is 69.8 Å². The van der Waals surface area contributed by atoms with Crippen LogP contribution in [0.4, 0.5) is 11.4 Å². The van der Waals surface area contributed by atoms with E-state index in [0.29, 0.717) is 32.4 Å². The maximum atomic E-state index is 13.7. The summed E-state index contributed by atoms with van der Waals surface area (Å²) < 4.78 is 82.4. The number of allylic oxidation sites excluding steroid dienone is 6. The molecule has 3 aromatic rings. The third kappa shape index (κ3) is 12.9. The SMILES string of the molecule is CCN1/C(=C/C=C/C=C/C2=[N+](CCCCCC(=O)N[C@@H](Cc3ccccc3)C(=O)N[C@H](C(=O)C=S(C)(C)=O)C(C)C)c3ccc(S(=O)(=O)O)cc3C2(C)C)C(C)(C)c2cc(S(=O)(=O)O)ccc21. The Bertz CT molecular complexity index is 2860. The van der Waals surface area contributed by atoms with Gasteiger partial charge in [-0.05, 0) is 96.6 Å². The predicted molar refractivity (Wildman–Crippen MR) is 266 cm³/mol. The van der Waals surface area contributed by atoms with Gasteiger partial charge in [-0.25, -0.2) is 0 Å². The van der Waals surface area contributed by atoms with Gasteiger partial charge in [-0.1, -0.05) is 76.3 Å². The molecule has 0 aliphatic carbocycles. The molecule has 3 aromatic carbocycles. The van der Waals surface area contributed by atoms with E-state index in [0.717, 1.165) is 44.8 Å². The number of benzene rings is 3. The van der Waals surface area contributed by atoms with Crippen molar-refractivity contribution < 1.29 is 49.1 Å². The van der Waals surface area contributed by atoms with Crippen molar-refractivity contribution in [2.75, 3.05) is 30.5 Å². The van der Waals surface area contributed by atoms with Crippen LogP contribution in [0.1, 0.15) is 90.8 Å². The van der Waals surface area contributed by atoms with Gasteiger partial charge in [0.05, 0.1) is 21.2 Å². The highest BCUT2D eigenvalue weighted by atomic mass is 32.2. The van der Waals surface area contributed by atoms with Gasteiger partial charge in [0.25, 0.3) is 20.2 Å². The van der Waals surface area contributed by atoms with Crippen LogP contribution >= 0.6 is 0 Å². The average Bonchev–Trinajstić information content (AvgIpc) is 3.58. The number of nitrogens with zero attached hydrogens (tertiary/aromatic N) is 2. The molecule has 362 valence electrons. The molecule has 0 unspecified atom stereocenters. The molecular weight excluding hydrogens is 913 g/mol. The number of anilines is 1. The maximum Gasteiger partial charge on any atom is 0.294 e. The van der Waals surface area contributed by atoms with Crippen LogP contribution in [-0.4, -0.2) is 101 Å². The summed E-state index contributed by atoms with van der Waals surface area (Å²) in [6.07, 6.45) is 14.7. The van der Waals surface area contributed by atoms with Gasteiger partial charge in [0.15, 0.2) is 11.5 Å². The first-order valence-corrected chi connectivity index (χ1v) is 27.7. The maximum absolute atomic E-state index is 13.7. The van der Waals surface area contributed by atoms with Crippen molar-refractivity contribution in [2.24, 2.45) is 5.92 Å². The summed E-state index contributed by atoms with van der Waals surface area (Å²) in [6, 6.07) is 16.6. The largest absolute Gasteiger partial charge is 0.344 e. The van der Waals surface area contributed by atoms with Gasteiger partial charge in [0, 0.05) is 78.2 Å². The van der Waals surface area contributed by atoms with Gasteiger partial charge in [-0.3, -0.25) is 27.7 Å². The standard InChI is InChI=1S/C50H64N4O10S3/c1-10-53-41-27-25-36(66(59,60)61)31-38(41)49(4,5)44(53)22-16-12-17-23-45-50(6,7)39-32-37(67(62,63)64)26-28-42(39)54(45)29-19-13-18-24-46(56)51-40(30-35-20-14-11-15-21-35)48(57)52-47(34(2)3)43(55)33-65(8,9)58/h11-12,14-17,20-23,25-28,31-34,40,47H,10,13,18-19,24,29-30H2,1-9H3,(H3-,51,52,56,57,59,60,61,62,63,64)/p+1/t40-,47-/m0/s1. The van der Waals surface area contributed by atoms with E-state index >= 15 is 0 Å². The topological polar surface area (TPSA) is 207 Å². The second-order valence-electron chi connectivity index (χ2n) is 18.8. The number of carbonyl (C=O) groups is 3. The van der Waals surface area contributed by atoms with E-state index in [4.69, 9.17) is 0 Å². The summed E-state index contributed by atoms with van der Waals surface area (Å²) in [4.78, 5) is 41.9. The van der Waals surface area contributed by atoms with Crippen molar-refractivity contribution in [3.63, 3.8) is 0 Å². The fourth-order valence-electron chi connectivity index (χ4n) is 8.80. The number of fused-ring (bicyclic) bond motifs is 2. The van der Waals surface area contributed by atoms with Crippen LogP contribution in [0.25, 0.3) is 0 Å². The molecule has 0 spiro atoms. The molecular formula is C50H65N4O10S3+. The average molecular weight is 978 g/mol. The fraction of sp³-hybridized carbons (Fsp3) is 0.420. The number of nitrogens with one attached hydrogen (secondary N) is 2. The van der Waals surface area contributed by atoms with Crippen molar-refractivity contribution in [1.82, 2.24) is 10.6 Å². The summed E-state index contributed by atoms with van der Waals surface area (Å²) in [6.45, 7) is 14.7. The molecule has 2 aliphatic heterocycles. The van der Waals surface area contributed by atoms with Crippen molar-refractivity contribution in [3.05, 3.63) is 119 Å². The molecule has 0 fully saturated rings. The first kappa shape index (κ1) is 52.8. The number of hydrogen-bond donors (Lipinski definition) is 4. The molecule has 2 atom stereocenters. The van der Waals surface area contributed by atoms with Crippen molar-refractivity contribution in [3.8, 4) is 0 Å². The fourth-order valence-corrected chi connectivity index (χ4v) is 10.5. The van der Waals surface area contributed by atoms with E-state index in [1.165, 1.54) is 36.8 Å². The molecule has 2 aliphatic rings. The number of Topliss-reactive ketones (excluding diaryl/α,β-unsaturated/α-hetero) is 1. The molecule has 4 N–H and O–H groups in total. The summed E-state index contributed by atoms with van der Waals surface area (Å²) in [7, 11) is -11.4. The van der Waals surface area contributed by atoms with Gasteiger partial charge in [-0.2, -0.15) is 21.4 Å². The molecule has 2 amide bonds. The Morgan fingerprint density at radius 2 is 1.40 bits per heavy atom. The number of amides is 2. The zero-order valence-electron chi connectivity index (χ0n) is 39.8. The number of carbonyl (C=O) groups excluding carboxylic acids is 3. The van der Waals surface area contributed by atoms with E-state index in [1.54, 1.807) is 26.0 Å². The second-order valence-corrected chi connectivity index (χ2v) is 24.5. The summed E-state index contributed by atoms with van der Waals surface area (Å²) in [5.74, 6) is -1.58. The van der Waals surface area contributed by atoms with Crippen LogP contribution in [0.5, 0.6) is 0 Å². The van der Waals surface area contributed by atoms with Crippen LogP contribution in [0.3, 0.4) is 0 Å². The third-order valence-electron chi connectivity index (χ3n) is 12.3. The lowest BCUT2D eigenvalue weighted by molar-refractivity contribution is -0.438. The Balaban J connectivity index is 1.32. The summed E-state index contributed by atoms with van der Waals surface area (Å²) in [5, 5.41) is 6.84. The first-order valence-electron chi connectivity index (χ1n) is 22.3. The van der Waals surface area contributed by atoms with Crippen molar-refractivity contribution in [1.29, 1.82) is 0 Å². The Labute approximate surface area is 396 Å². The molecule has 2 heterocycles. The second kappa shape index (κ2) is 21.0. The van der Waals surface area contributed by atoms with Crippen LogP contribution in [0.2, 0.25) is 0 Å². The van der Waals surface area contributed by atoms with Gasteiger partial charge in [0.2, 0.25) is 17.5 Å². The molecule has 0 saturated carbocycles. The molecule has 0 aromatic heterocycles. The van der Waals surface area contributed by atoms with Crippen molar-refractivity contribution in [2.45, 2.75) is 113 Å². The summed E-state index contributed by atoms with van der Waals surface area (Å²) in [5.41, 5.74) is 4.57. The lowest BCUT2D eigenvalue weighted by Gasteiger charge is -2.25. The minimum atomic E-state index is -4.47. The lowest BCUT2D eigenvalue weighted by atomic mass is 9.81. The quantitative estimate of drug-likeness (QED) is 0.0308. The monoisotopic (exact) mass is 977 g/mol. The molecule has 0 radical (unpaired) electrons. The van der Waals surface area contributed by atoms with E-state index < -0.39 is 64.4 Å². The predicted octanol–water partition coefficient (Wildman–Crippen LogP) is 6.71. The van der Waals surface area contributed by atoms with E-state index in [2.05, 4.69) is 20.1 Å². The Kier molecular flexibility index (Phi) is 16.5. The Morgan fingerprint density at radius 3 is 2.00 bits per heavy atom. The number of likely N-dealkylation sites (N-methyl/N-ethyl adjacent to an activating group) is 1. The zero-order chi connectivity index (χ0) is 49.7. The lowest BCUT2D eigenvalue weighted by Crippen LogP contribution is -2.54. The van der Waals surface area contributed by atoms with Crippen LogP contribution in [-0.2, 0) is 61.4 Å².